The van der Waals surface area contributed by atoms with Crippen LogP contribution in [-0.4, -0.2) is 16.5 Å². The van der Waals surface area contributed by atoms with Crippen molar-refractivity contribution in [3.05, 3.63) is 76.4 Å². The zero-order valence-electron chi connectivity index (χ0n) is 13.2. The molecule has 0 atom stereocenters. The van der Waals surface area contributed by atoms with Gasteiger partial charge in [-0.1, -0.05) is 29.8 Å². The number of rotatable bonds is 2. The molecular formula is C19H14ClF2N3. The normalized spacial score (nSPS) is 13.6. The maximum atomic E-state index is 14.3. The Morgan fingerprint density at radius 2 is 1.88 bits per heavy atom. The van der Waals surface area contributed by atoms with Gasteiger partial charge in [-0.25, -0.2) is 18.7 Å². The van der Waals surface area contributed by atoms with Gasteiger partial charge in [0.05, 0.1) is 10.7 Å². The van der Waals surface area contributed by atoms with Crippen molar-refractivity contribution < 1.29 is 8.78 Å². The lowest BCUT2D eigenvalue weighted by molar-refractivity contribution is 0.585. The molecule has 126 valence electrons. The maximum absolute atomic E-state index is 14.3. The van der Waals surface area contributed by atoms with Gasteiger partial charge >= 0.3 is 0 Å². The van der Waals surface area contributed by atoms with Crippen molar-refractivity contribution in [1.29, 1.82) is 0 Å². The largest absolute Gasteiger partial charge is 0.336 e. The molecule has 0 bridgehead atoms. The van der Waals surface area contributed by atoms with Crippen LogP contribution in [0.2, 0.25) is 5.02 Å². The average Bonchev–Trinajstić information content (AvgIpc) is 2.65. The molecule has 2 aromatic carbocycles. The van der Waals surface area contributed by atoms with Crippen molar-refractivity contribution in [3.63, 3.8) is 0 Å². The molecule has 0 spiro atoms. The quantitative estimate of drug-likeness (QED) is 0.669. The van der Waals surface area contributed by atoms with E-state index in [1.165, 1.54) is 6.07 Å². The molecular weight excluding hydrogens is 344 g/mol. The molecule has 6 heteroatoms. The third-order valence-electron chi connectivity index (χ3n) is 4.37. The first kappa shape index (κ1) is 16.0. The molecule has 4 rings (SSSR count). The standard InChI is InChI=1S/C19H14ClF2N3/c20-15-6-5-12-8-10-25(11-14(12)18(15)22)19-23-9-7-17(24-19)13-3-1-2-4-16(13)21/h1-7,9H,8,10-11H2. The van der Waals surface area contributed by atoms with Gasteiger partial charge in [0.15, 0.2) is 0 Å². The van der Waals surface area contributed by atoms with E-state index in [4.69, 9.17) is 11.6 Å². The van der Waals surface area contributed by atoms with Crippen LogP contribution in [0.25, 0.3) is 11.3 Å². The van der Waals surface area contributed by atoms with E-state index in [0.29, 0.717) is 42.3 Å². The summed E-state index contributed by atoms with van der Waals surface area (Å²) in [6.45, 7) is 0.997. The van der Waals surface area contributed by atoms with Crippen LogP contribution in [0.3, 0.4) is 0 Å². The fraction of sp³-hybridized carbons (Fsp3) is 0.158. The highest BCUT2D eigenvalue weighted by Crippen LogP contribution is 2.29. The Labute approximate surface area is 148 Å². The van der Waals surface area contributed by atoms with E-state index in [2.05, 4.69) is 9.97 Å². The molecule has 25 heavy (non-hydrogen) atoms. The molecule has 0 fully saturated rings. The topological polar surface area (TPSA) is 29.0 Å². The number of hydrogen-bond acceptors (Lipinski definition) is 3. The summed E-state index contributed by atoms with van der Waals surface area (Å²) >= 11 is 5.90. The van der Waals surface area contributed by atoms with Crippen LogP contribution in [0.15, 0.2) is 48.7 Å². The van der Waals surface area contributed by atoms with Crippen molar-refractivity contribution >= 4 is 17.5 Å². The van der Waals surface area contributed by atoms with E-state index >= 15 is 0 Å². The minimum atomic E-state index is -0.394. The zero-order valence-corrected chi connectivity index (χ0v) is 14.0. The van der Waals surface area contributed by atoms with Crippen LogP contribution in [0.1, 0.15) is 11.1 Å². The number of fused-ring (bicyclic) bond motifs is 1. The first-order valence-electron chi connectivity index (χ1n) is 7.92. The van der Waals surface area contributed by atoms with E-state index in [9.17, 15) is 8.78 Å². The van der Waals surface area contributed by atoms with Crippen molar-refractivity contribution in [1.82, 2.24) is 9.97 Å². The molecule has 1 aliphatic rings. The Hall–Kier alpha value is -2.53. The van der Waals surface area contributed by atoms with Gasteiger partial charge in [-0.2, -0.15) is 0 Å². The van der Waals surface area contributed by atoms with Gasteiger partial charge in [0.1, 0.15) is 11.6 Å². The summed E-state index contributed by atoms with van der Waals surface area (Å²) in [4.78, 5) is 10.6. The molecule has 2 heterocycles. The van der Waals surface area contributed by atoms with E-state index in [1.54, 1.807) is 36.5 Å². The van der Waals surface area contributed by atoms with E-state index in [1.807, 2.05) is 11.0 Å². The number of nitrogens with zero attached hydrogens (tertiary/aromatic N) is 3. The summed E-state index contributed by atoms with van der Waals surface area (Å²) in [5, 5.41) is 0.113. The van der Waals surface area contributed by atoms with Crippen molar-refractivity contribution in [2.24, 2.45) is 0 Å². The highest BCUT2D eigenvalue weighted by Gasteiger charge is 2.23. The lowest BCUT2D eigenvalue weighted by Gasteiger charge is -2.29. The third-order valence-corrected chi connectivity index (χ3v) is 4.66. The van der Waals surface area contributed by atoms with Gasteiger partial charge in [0.25, 0.3) is 0 Å². The number of halogens is 3. The maximum Gasteiger partial charge on any atom is 0.226 e. The Bertz CT molecular complexity index is 946. The molecule has 0 N–H and O–H groups in total. The Morgan fingerprint density at radius 1 is 1.04 bits per heavy atom. The second-order valence-electron chi connectivity index (χ2n) is 5.89. The van der Waals surface area contributed by atoms with Gasteiger partial charge in [0.2, 0.25) is 5.95 Å². The van der Waals surface area contributed by atoms with Crippen LogP contribution >= 0.6 is 11.6 Å². The third kappa shape index (κ3) is 2.96. The first-order valence-corrected chi connectivity index (χ1v) is 8.30. The summed E-state index contributed by atoms with van der Waals surface area (Å²) < 4.78 is 28.3. The lowest BCUT2D eigenvalue weighted by Crippen LogP contribution is -2.32. The first-order chi connectivity index (χ1) is 12.1. The molecule has 0 radical (unpaired) electrons. The minimum absolute atomic E-state index is 0.113. The SMILES string of the molecule is Fc1ccccc1-c1ccnc(N2CCc3ccc(Cl)c(F)c3C2)n1. The average molecular weight is 358 g/mol. The van der Waals surface area contributed by atoms with Crippen LogP contribution in [0, 0.1) is 11.6 Å². The summed E-state index contributed by atoms with van der Waals surface area (Å²) in [6, 6.07) is 11.6. The molecule has 0 saturated heterocycles. The molecule has 3 aromatic rings. The van der Waals surface area contributed by atoms with Crippen LogP contribution < -0.4 is 4.90 Å². The minimum Gasteiger partial charge on any atom is -0.336 e. The predicted molar refractivity (Wildman–Crippen MR) is 93.6 cm³/mol. The van der Waals surface area contributed by atoms with E-state index in [0.717, 1.165) is 5.56 Å². The Balaban J connectivity index is 1.69. The van der Waals surface area contributed by atoms with Gasteiger partial charge in [-0.3, -0.25) is 0 Å². The number of anilines is 1. The summed E-state index contributed by atoms with van der Waals surface area (Å²) in [5.41, 5.74) is 2.43. The summed E-state index contributed by atoms with van der Waals surface area (Å²) in [5.74, 6) is -0.283. The smallest absolute Gasteiger partial charge is 0.226 e. The molecule has 0 amide bonds. The number of hydrogen-bond donors (Lipinski definition) is 0. The number of aromatic nitrogens is 2. The van der Waals surface area contributed by atoms with Gasteiger partial charge in [-0.15, -0.1) is 0 Å². The fourth-order valence-corrected chi connectivity index (χ4v) is 3.23. The number of benzene rings is 2. The second kappa shape index (κ2) is 6.41. The zero-order chi connectivity index (χ0) is 17.4. The summed E-state index contributed by atoms with van der Waals surface area (Å²) in [7, 11) is 0. The van der Waals surface area contributed by atoms with Crippen molar-refractivity contribution in [2.45, 2.75) is 13.0 Å². The van der Waals surface area contributed by atoms with Gasteiger partial charge < -0.3 is 4.90 Å². The van der Waals surface area contributed by atoms with Crippen molar-refractivity contribution in [3.8, 4) is 11.3 Å². The van der Waals surface area contributed by atoms with Crippen LogP contribution in [0.5, 0.6) is 0 Å². The molecule has 0 aliphatic carbocycles. The fourth-order valence-electron chi connectivity index (χ4n) is 3.05. The lowest BCUT2D eigenvalue weighted by atomic mass is 9.99. The van der Waals surface area contributed by atoms with Crippen molar-refractivity contribution in [2.75, 3.05) is 11.4 Å². The molecule has 0 unspecified atom stereocenters. The second-order valence-corrected chi connectivity index (χ2v) is 6.30. The molecule has 0 saturated carbocycles. The molecule has 1 aromatic heterocycles. The summed E-state index contributed by atoms with van der Waals surface area (Å²) in [6.07, 6.45) is 2.27. The van der Waals surface area contributed by atoms with Gasteiger partial charge in [0, 0.05) is 30.4 Å². The van der Waals surface area contributed by atoms with Crippen LogP contribution in [-0.2, 0) is 13.0 Å². The highest BCUT2D eigenvalue weighted by molar-refractivity contribution is 6.30. The van der Waals surface area contributed by atoms with Gasteiger partial charge in [-0.05, 0) is 36.2 Å². The molecule has 3 nitrogen and oxygen atoms in total. The molecule has 1 aliphatic heterocycles. The highest BCUT2D eigenvalue weighted by atomic mass is 35.5. The Kier molecular flexibility index (Phi) is 4.09. The van der Waals surface area contributed by atoms with E-state index in [-0.39, 0.29) is 10.8 Å². The van der Waals surface area contributed by atoms with E-state index < -0.39 is 5.82 Å². The predicted octanol–water partition coefficient (Wildman–Crippen LogP) is 4.64. The van der Waals surface area contributed by atoms with Crippen LogP contribution in [0.4, 0.5) is 14.7 Å². The monoisotopic (exact) mass is 357 g/mol. The Morgan fingerprint density at radius 3 is 2.72 bits per heavy atom.